The van der Waals surface area contributed by atoms with Crippen LogP contribution in [0.25, 0.3) is 0 Å². The predicted molar refractivity (Wildman–Crippen MR) is 110 cm³/mol. The molecule has 2 heterocycles. The first-order chi connectivity index (χ1) is 13.6. The average Bonchev–Trinajstić information content (AvgIpc) is 3.00. The molecular formula is C22H28N2O3S. The highest BCUT2D eigenvalue weighted by Crippen LogP contribution is 2.35. The minimum absolute atomic E-state index is 0.115. The minimum atomic E-state index is -3.53. The van der Waals surface area contributed by atoms with Crippen LogP contribution in [0.1, 0.15) is 48.4 Å². The number of benzene rings is 2. The Balaban J connectivity index is 1.63. The fraction of sp³-hybridized carbons (Fsp3) is 0.455. The van der Waals surface area contributed by atoms with Crippen LogP contribution in [0.3, 0.4) is 0 Å². The van der Waals surface area contributed by atoms with Crippen molar-refractivity contribution in [2.45, 2.75) is 44.7 Å². The van der Waals surface area contributed by atoms with E-state index in [1.54, 1.807) is 15.7 Å². The summed E-state index contributed by atoms with van der Waals surface area (Å²) in [7, 11) is -1.88. The zero-order valence-electron chi connectivity index (χ0n) is 16.4. The molecule has 2 aromatic rings. The molecule has 0 spiro atoms. The quantitative estimate of drug-likeness (QED) is 0.782. The van der Waals surface area contributed by atoms with E-state index in [0.29, 0.717) is 19.6 Å². The van der Waals surface area contributed by atoms with Gasteiger partial charge in [0.2, 0.25) is 0 Å². The van der Waals surface area contributed by atoms with E-state index < -0.39 is 10.2 Å². The van der Waals surface area contributed by atoms with Gasteiger partial charge in [0.1, 0.15) is 5.75 Å². The lowest BCUT2D eigenvalue weighted by Crippen LogP contribution is -2.47. The number of hydrogen-bond acceptors (Lipinski definition) is 3. The summed E-state index contributed by atoms with van der Waals surface area (Å²) in [5, 5.41) is 0. The Bertz CT molecular complexity index is 912. The van der Waals surface area contributed by atoms with Gasteiger partial charge in [-0.25, -0.2) is 0 Å². The second-order valence-electron chi connectivity index (χ2n) is 7.61. The molecule has 2 aromatic carbocycles. The topological polar surface area (TPSA) is 49.9 Å². The van der Waals surface area contributed by atoms with Crippen LogP contribution in [0.15, 0.2) is 48.5 Å². The molecule has 5 nitrogen and oxygen atoms in total. The zero-order valence-corrected chi connectivity index (χ0v) is 17.2. The Morgan fingerprint density at radius 3 is 2.43 bits per heavy atom. The Kier molecular flexibility index (Phi) is 5.71. The van der Waals surface area contributed by atoms with E-state index in [2.05, 4.69) is 6.07 Å². The van der Waals surface area contributed by atoms with Gasteiger partial charge in [0.25, 0.3) is 10.2 Å². The van der Waals surface area contributed by atoms with Crippen molar-refractivity contribution in [2.75, 3.05) is 20.2 Å². The molecule has 0 saturated carbocycles. The largest absolute Gasteiger partial charge is 0.497 e. The SMILES string of the molecule is COc1ccc([C@H]2CCCCCN2S(=O)(=O)N2CCc3ccccc3C2)cc1. The molecule has 2 aliphatic rings. The molecule has 1 fully saturated rings. The van der Waals surface area contributed by atoms with Gasteiger partial charge in [0, 0.05) is 19.6 Å². The van der Waals surface area contributed by atoms with Gasteiger partial charge in [0.05, 0.1) is 13.2 Å². The summed E-state index contributed by atoms with van der Waals surface area (Å²) < 4.78 is 35.9. The molecule has 0 amide bonds. The lowest BCUT2D eigenvalue weighted by Gasteiger charge is -2.36. The smallest absolute Gasteiger partial charge is 0.282 e. The first kappa shape index (κ1) is 19.4. The minimum Gasteiger partial charge on any atom is -0.497 e. The van der Waals surface area contributed by atoms with E-state index in [0.717, 1.165) is 49.0 Å². The van der Waals surface area contributed by atoms with Gasteiger partial charge >= 0.3 is 0 Å². The molecule has 0 bridgehead atoms. The summed E-state index contributed by atoms with van der Waals surface area (Å²) in [5.41, 5.74) is 3.42. The Morgan fingerprint density at radius 2 is 1.68 bits per heavy atom. The van der Waals surface area contributed by atoms with Crippen molar-refractivity contribution in [3.05, 3.63) is 65.2 Å². The highest BCUT2D eigenvalue weighted by molar-refractivity contribution is 7.86. The Morgan fingerprint density at radius 1 is 0.929 bits per heavy atom. The normalized spacial score (nSPS) is 21.7. The fourth-order valence-electron chi connectivity index (χ4n) is 4.33. The lowest BCUT2D eigenvalue weighted by molar-refractivity contribution is 0.280. The Labute approximate surface area is 168 Å². The van der Waals surface area contributed by atoms with Crippen LogP contribution in [-0.2, 0) is 23.2 Å². The molecule has 1 atom stereocenters. The van der Waals surface area contributed by atoms with Crippen LogP contribution in [-0.4, -0.2) is 37.2 Å². The van der Waals surface area contributed by atoms with Crippen LogP contribution < -0.4 is 4.74 Å². The summed E-state index contributed by atoms with van der Waals surface area (Å²) in [4.78, 5) is 0. The van der Waals surface area contributed by atoms with Crippen molar-refractivity contribution in [1.82, 2.24) is 8.61 Å². The second kappa shape index (κ2) is 8.23. The van der Waals surface area contributed by atoms with E-state index in [4.69, 9.17) is 4.74 Å². The van der Waals surface area contributed by atoms with Gasteiger partial charge in [-0.2, -0.15) is 17.0 Å². The van der Waals surface area contributed by atoms with Crippen molar-refractivity contribution >= 4 is 10.2 Å². The zero-order chi connectivity index (χ0) is 19.6. The first-order valence-electron chi connectivity index (χ1n) is 10.1. The van der Waals surface area contributed by atoms with Crippen molar-refractivity contribution in [3.63, 3.8) is 0 Å². The van der Waals surface area contributed by atoms with Gasteiger partial charge in [0.15, 0.2) is 0 Å². The van der Waals surface area contributed by atoms with E-state index in [9.17, 15) is 8.42 Å². The van der Waals surface area contributed by atoms with Crippen molar-refractivity contribution in [3.8, 4) is 5.75 Å². The standard InChI is InChI=1S/C22H28N2O3S/c1-27-21-12-10-19(11-13-21)22-9-3-2-6-15-24(22)28(25,26)23-16-14-18-7-4-5-8-20(18)17-23/h4-5,7-8,10-13,22H,2-3,6,9,14-17H2,1H3/t22-/m1/s1. The van der Waals surface area contributed by atoms with Crippen LogP contribution in [0.2, 0.25) is 0 Å². The maximum absolute atomic E-state index is 13.6. The van der Waals surface area contributed by atoms with Crippen LogP contribution in [0, 0.1) is 0 Å². The molecule has 0 N–H and O–H groups in total. The van der Waals surface area contributed by atoms with Crippen molar-refractivity contribution in [2.24, 2.45) is 0 Å². The van der Waals surface area contributed by atoms with Crippen LogP contribution >= 0.6 is 0 Å². The number of rotatable bonds is 4. The molecule has 28 heavy (non-hydrogen) atoms. The molecule has 0 unspecified atom stereocenters. The fourth-order valence-corrected chi connectivity index (χ4v) is 6.16. The highest BCUT2D eigenvalue weighted by atomic mass is 32.2. The van der Waals surface area contributed by atoms with Crippen molar-refractivity contribution < 1.29 is 13.2 Å². The van der Waals surface area contributed by atoms with Gasteiger partial charge in [-0.1, -0.05) is 49.2 Å². The van der Waals surface area contributed by atoms with Crippen molar-refractivity contribution in [1.29, 1.82) is 0 Å². The molecule has 1 saturated heterocycles. The molecule has 6 heteroatoms. The summed E-state index contributed by atoms with van der Waals surface area (Å²) in [6.07, 6.45) is 4.66. The van der Waals surface area contributed by atoms with E-state index >= 15 is 0 Å². The number of fused-ring (bicyclic) bond motifs is 1. The summed E-state index contributed by atoms with van der Waals surface area (Å²) >= 11 is 0. The maximum atomic E-state index is 13.6. The van der Waals surface area contributed by atoms with Crippen LogP contribution in [0.4, 0.5) is 0 Å². The third-order valence-corrected chi connectivity index (χ3v) is 7.92. The molecule has 0 radical (unpaired) electrons. The Hall–Kier alpha value is -1.89. The number of hydrogen-bond donors (Lipinski definition) is 0. The summed E-state index contributed by atoms with van der Waals surface area (Å²) in [5.74, 6) is 0.791. The second-order valence-corrected chi connectivity index (χ2v) is 9.49. The van der Waals surface area contributed by atoms with Gasteiger partial charge in [-0.3, -0.25) is 0 Å². The first-order valence-corrected chi connectivity index (χ1v) is 11.5. The molecule has 150 valence electrons. The third-order valence-electron chi connectivity index (χ3n) is 5.92. The number of methoxy groups -OCH3 is 1. The number of nitrogens with zero attached hydrogens (tertiary/aromatic N) is 2. The van der Waals surface area contributed by atoms with Gasteiger partial charge < -0.3 is 4.74 Å². The molecule has 2 aliphatic heterocycles. The molecule has 0 aliphatic carbocycles. The monoisotopic (exact) mass is 400 g/mol. The highest BCUT2D eigenvalue weighted by Gasteiger charge is 2.37. The van der Waals surface area contributed by atoms with Gasteiger partial charge in [-0.15, -0.1) is 0 Å². The lowest BCUT2D eigenvalue weighted by atomic mass is 10.0. The maximum Gasteiger partial charge on any atom is 0.282 e. The molecular weight excluding hydrogens is 372 g/mol. The average molecular weight is 401 g/mol. The third kappa shape index (κ3) is 3.81. The summed E-state index contributed by atoms with van der Waals surface area (Å²) in [6.45, 7) is 1.59. The van der Waals surface area contributed by atoms with Crippen LogP contribution in [0.5, 0.6) is 5.75 Å². The predicted octanol–water partition coefficient (Wildman–Crippen LogP) is 3.92. The van der Waals surface area contributed by atoms with Gasteiger partial charge in [-0.05, 0) is 48.1 Å². The molecule has 4 rings (SSSR count). The van der Waals surface area contributed by atoms with E-state index in [1.807, 2.05) is 42.5 Å². The van der Waals surface area contributed by atoms with E-state index in [1.165, 1.54) is 5.56 Å². The molecule has 0 aromatic heterocycles. The number of ether oxygens (including phenoxy) is 1. The summed E-state index contributed by atoms with van der Waals surface area (Å²) in [6, 6.07) is 15.9. The van der Waals surface area contributed by atoms with E-state index in [-0.39, 0.29) is 6.04 Å².